The van der Waals surface area contributed by atoms with Crippen LogP contribution in [0.5, 0.6) is 0 Å². The summed E-state index contributed by atoms with van der Waals surface area (Å²) in [6, 6.07) is 0. The van der Waals surface area contributed by atoms with E-state index in [2.05, 4.69) is 20.8 Å². The molecular formula is C9H23CaO4P2+. The average molecular weight is 297 g/mol. The van der Waals surface area contributed by atoms with Crippen LogP contribution in [0.25, 0.3) is 0 Å². The molecule has 0 spiro atoms. The van der Waals surface area contributed by atoms with Crippen molar-refractivity contribution in [3.05, 3.63) is 0 Å². The van der Waals surface area contributed by atoms with Gasteiger partial charge in [-0.1, -0.05) is 44.6 Å². The molecule has 0 saturated heterocycles. The molecular weight excluding hydrogens is 274 g/mol. The van der Waals surface area contributed by atoms with Crippen molar-refractivity contribution in [1.29, 1.82) is 0 Å². The van der Waals surface area contributed by atoms with Gasteiger partial charge in [-0.3, -0.25) is 0 Å². The van der Waals surface area contributed by atoms with E-state index in [0.29, 0.717) is 7.92 Å². The fourth-order valence-corrected chi connectivity index (χ4v) is 3.85. The van der Waals surface area contributed by atoms with Crippen LogP contribution in [-0.2, 0) is 4.57 Å². The molecule has 0 radical (unpaired) electrons. The molecule has 0 rings (SSSR count). The second-order valence-corrected chi connectivity index (χ2v) is 6.20. The molecule has 0 atom stereocenters. The summed E-state index contributed by atoms with van der Waals surface area (Å²) >= 11 is 0. The van der Waals surface area contributed by atoms with Gasteiger partial charge in [0.15, 0.2) is 0 Å². The van der Waals surface area contributed by atoms with Crippen molar-refractivity contribution in [2.24, 2.45) is 0 Å². The summed E-state index contributed by atoms with van der Waals surface area (Å²) in [6.45, 7) is 6.92. The van der Waals surface area contributed by atoms with Crippen molar-refractivity contribution in [3.8, 4) is 0 Å². The average Bonchev–Trinajstić information content (AvgIpc) is 2.04. The number of hydrogen-bond donors (Lipinski definition) is 0. The molecule has 7 heteroatoms. The molecule has 0 aliphatic carbocycles. The van der Waals surface area contributed by atoms with Crippen molar-refractivity contribution < 1.29 is 19.8 Å². The first-order valence-electron chi connectivity index (χ1n) is 5.12. The van der Waals surface area contributed by atoms with Crippen molar-refractivity contribution >= 4 is 53.9 Å². The van der Waals surface area contributed by atoms with Crippen LogP contribution in [0.4, 0.5) is 0 Å². The Labute approximate surface area is 131 Å². The van der Waals surface area contributed by atoms with Crippen LogP contribution < -0.4 is 9.79 Å². The van der Waals surface area contributed by atoms with Crippen LogP contribution >= 0.6 is 16.2 Å². The molecule has 0 aliphatic rings. The minimum Gasteiger partial charge on any atom is -0.598 e. The predicted octanol–water partition coefficient (Wildman–Crippen LogP) is 0.857. The Morgan fingerprint density at radius 2 is 1.12 bits per heavy atom. The van der Waals surface area contributed by atoms with Crippen molar-refractivity contribution in [1.82, 2.24) is 0 Å². The fourth-order valence-electron chi connectivity index (χ4n) is 1.28. The molecule has 0 saturated carbocycles. The molecule has 2 N–H and O–H groups in total. The first-order valence-corrected chi connectivity index (χ1v) is 8.11. The Hall–Kier alpha value is 1.67. The maximum atomic E-state index is 8.48. The van der Waals surface area contributed by atoms with Gasteiger partial charge in [-0.2, -0.15) is 0 Å². The van der Waals surface area contributed by atoms with E-state index in [1.807, 2.05) is 0 Å². The molecule has 16 heavy (non-hydrogen) atoms. The zero-order valence-corrected chi connectivity index (χ0v) is 14.6. The molecule has 0 unspecified atom stereocenters. The molecule has 0 aliphatic heterocycles. The van der Waals surface area contributed by atoms with E-state index in [9.17, 15) is 0 Å². The quantitative estimate of drug-likeness (QED) is 0.537. The Morgan fingerprint density at radius 1 is 0.938 bits per heavy atom. The zero-order valence-electron chi connectivity index (χ0n) is 10.6. The largest absolute Gasteiger partial charge is 2.00 e. The third-order valence-corrected chi connectivity index (χ3v) is 4.86. The monoisotopic (exact) mass is 297 g/mol. The van der Waals surface area contributed by atoms with Crippen LogP contribution in [-0.4, -0.2) is 61.7 Å². The number of rotatable bonds is 6. The number of hydrogen-bond acceptors (Lipinski definition) is 3. The maximum Gasteiger partial charge on any atom is 2.00 e. The van der Waals surface area contributed by atoms with Gasteiger partial charge in [0.2, 0.25) is 0 Å². The Kier molecular flexibility index (Phi) is 36.0. The fraction of sp³-hybridized carbons (Fsp3) is 1.00. The summed E-state index contributed by atoms with van der Waals surface area (Å²) in [7, 11) is -2.93. The first-order chi connectivity index (χ1) is 6.58. The Balaban J connectivity index is -0.000000105. The van der Waals surface area contributed by atoms with Gasteiger partial charge >= 0.3 is 37.7 Å². The summed E-state index contributed by atoms with van der Waals surface area (Å²) in [6.07, 6.45) is 8.72. The molecule has 0 amide bonds. The van der Waals surface area contributed by atoms with Crippen LogP contribution in [0, 0.1) is 0 Å². The van der Waals surface area contributed by atoms with E-state index >= 15 is 0 Å². The summed E-state index contributed by atoms with van der Waals surface area (Å²) in [5, 5.41) is 0. The second-order valence-electron chi connectivity index (χ2n) is 3.07. The van der Waals surface area contributed by atoms with Crippen LogP contribution in [0.3, 0.4) is 0 Å². The molecule has 4 nitrogen and oxygen atoms in total. The maximum absolute atomic E-state index is 8.48. The summed E-state index contributed by atoms with van der Waals surface area (Å²) in [5.41, 5.74) is 0. The van der Waals surface area contributed by atoms with Crippen molar-refractivity contribution in [2.45, 2.75) is 40.0 Å². The third kappa shape index (κ3) is 29.6. The van der Waals surface area contributed by atoms with Gasteiger partial charge in [-0.15, -0.1) is 7.92 Å². The summed E-state index contributed by atoms with van der Waals surface area (Å²) in [5.74, 6) is 0. The molecule has 0 fully saturated rings. The minimum atomic E-state index is -3.37. The molecule has 0 aromatic rings. The SMILES string of the molecule is CCCP(CCC)CCC.O.O=[P+]([O-])[O-].[Ca+2]. The third-order valence-electron chi connectivity index (χ3n) is 1.62. The topological polar surface area (TPSA) is 94.7 Å². The second kappa shape index (κ2) is 21.9. The van der Waals surface area contributed by atoms with E-state index < -0.39 is 8.25 Å². The van der Waals surface area contributed by atoms with Crippen LogP contribution in [0.1, 0.15) is 40.0 Å². The van der Waals surface area contributed by atoms with Crippen molar-refractivity contribution in [3.63, 3.8) is 0 Å². The molecule has 0 heterocycles. The first kappa shape index (κ1) is 26.3. The van der Waals surface area contributed by atoms with E-state index in [1.54, 1.807) is 0 Å². The van der Waals surface area contributed by atoms with Gasteiger partial charge in [-0.05, 0) is 18.5 Å². The van der Waals surface area contributed by atoms with Gasteiger partial charge in [0.05, 0.1) is 0 Å². The van der Waals surface area contributed by atoms with Gasteiger partial charge in [0.1, 0.15) is 0 Å². The van der Waals surface area contributed by atoms with Gasteiger partial charge in [-0.25, -0.2) is 0 Å². The van der Waals surface area contributed by atoms with Crippen LogP contribution in [0.2, 0.25) is 0 Å². The summed E-state index contributed by atoms with van der Waals surface area (Å²) in [4.78, 5) is 17.0. The molecule has 0 aromatic heterocycles. The van der Waals surface area contributed by atoms with E-state index in [-0.39, 0.29) is 43.2 Å². The minimum absolute atomic E-state index is 0. The zero-order chi connectivity index (χ0) is 11.4. The smallest absolute Gasteiger partial charge is 0.598 e. The van der Waals surface area contributed by atoms with Gasteiger partial charge in [0, 0.05) is 0 Å². The Bertz CT molecular complexity index is 120. The van der Waals surface area contributed by atoms with Crippen LogP contribution in [0.15, 0.2) is 0 Å². The standard InChI is InChI=1S/C9H21P.Ca.HO3P.H2O/c1-4-7-10(8-5-2)9-6-3;;1-4(2)3;/h4-9H2,1-3H3;;(H,1,2,3);1H2/q;+2;;/p-1. The normalized spacial score (nSPS) is 8.38. The molecule has 94 valence electrons. The van der Waals surface area contributed by atoms with E-state index in [4.69, 9.17) is 14.4 Å². The Morgan fingerprint density at radius 3 is 1.25 bits per heavy atom. The summed E-state index contributed by atoms with van der Waals surface area (Å²) < 4.78 is 8.48. The van der Waals surface area contributed by atoms with Crippen molar-refractivity contribution in [2.75, 3.05) is 18.5 Å². The molecule has 0 aromatic carbocycles. The van der Waals surface area contributed by atoms with Gasteiger partial charge in [0.25, 0.3) is 8.25 Å². The van der Waals surface area contributed by atoms with Gasteiger partial charge < -0.3 is 15.3 Å². The molecule has 0 bridgehead atoms. The predicted molar refractivity (Wildman–Crippen MR) is 69.4 cm³/mol. The van der Waals surface area contributed by atoms with E-state index in [0.717, 1.165) is 0 Å². The van der Waals surface area contributed by atoms with E-state index in [1.165, 1.54) is 37.7 Å².